The van der Waals surface area contributed by atoms with Gasteiger partial charge in [-0.1, -0.05) is 6.07 Å². The molecule has 1 aromatic carbocycles. The highest BCUT2D eigenvalue weighted by Crippen LogP contribution is 2.18. The van der Waals surface area contributed by atoms with Gasteiger partial charge in [0.2, 0.25) is 0 Å². The van der Waals surface area contributed by atoms with Gasteiger partial charge in [-0.2, -0.15) is 5.10 Å². The lowest BCUT2D eigenvalue weighted by atomic mass is 10.0. The summed E-state index contributed by atoms with van der Waals surface area (Å²) in [5.41, 5.74) is 8.44. The van der Waals surface area contributed by atoms with E-state index < -0.39 is 12.0 Å². The molecule has 2 aromatic rings. The highest BCUT2D eigenvalue weighted by molar-refractivity contribution is 5.82. The monoisotopic (exact) mass is 219 g/mol. The van der Waals surface area contributed by atoms with Crippen molar-refractivity contribution in [3.63, 3.8) is 0 Å². The first-order valence-corrected chi connectivity index (χ1v) is 4.99. The van der Waals surface area contributed by atoms with E-state index in [1.807, 2.05) is 19.1 Å². The number of hydrogen-bond acceptors (Lipinski definition) is 3. The molecule has 84 valence electrons. The van der Waals surface area contributed by atoms with Crippen molar-refractivity contribution < 1.29 is 9.90 Å². The van der Waals surface area contributed by atoms with Gasteiger partial charge in [0, 0.05) is 5.39 Å². The number of hydrogen-bond donors (Lipinski definition) is 3. The molecule has 5 heteroatoms. The fraction of sp³-hybridized carbons (Fsp3) is 0.273. The quantitative estimate of drug-likeness (QED) is 0.712. The molecule has 16 heavy (non-hydrogen) atoms. The largest absolute Gasteiger partial charge is 0.480 e. The summed E-state index contributed by atoms with van der Waals surface area (Å²) in [6.07, 6.45) is 2.05. The van der Waals surface area contributed by atoms with Crippen molar-refractivity contribution in [3.05, 3.63) is 29.5 Å². The molecule has 0 amide bonds. The molecule has 1 atom stereocenters. The van der Waals surface area contributed by atoms with E-state index in [2.05, 4.69) is 10.2 Å². The molecule has 0 radical (unpaired) electrons. The van der Waals surface area contributed by atoms with Crippen molar-refractivity contribution in [1.82, 2.24) is 10.2 Å². The average Bonchev–Trinajstić information content (AvgIpc) is 2.65. The molecule has 0 unspecified atom stereocenters. The molecule has 0 spiro atoms. The normalized spacial score (nSPS) is 12.9. The fourth-order valence-corrected chi connectivity index (χ4v) is 1.77. The lowest BCUT2D eigenvalue weighted by Crippen LogP contribution is -2.32. The van der Waals surface area contributed by atoms with Gasteiger partial charge in [-0.05, 0) is 30.5 Å². The Hall–Kier alpha value is -1.88. The number of nitrogens with one attached hydrogen (secondary N) is 1. The minimum absolute atomic E-state index is 0.331. The molecule has 2 rings (SSSR count). The van der Waals surface area contributed by atoms with Crippen LogP contribution in [0.3, 0.4) is 0 Å². The van der Waals surface area contributed by atoms with Gasteiger partial charge in [-0.15, -0.1) is 0 Å². The Morgan fingerprint density at radius 1 is 1.62 bits per heavy atom. The van der Waals surface area contributed by atoms with E-state index in [-0.39, 0.29) is 0 Å². The Kier molecular flexibility index (Phi) is 2.62. The number of nitrogens with zero attached hydrogens (tertiary/aromatic N) is 1. The smallest absolute Gasteiger partial charge is 0.320 e. The Bertz CT molecular complexity index is 533. The van der Waals surface area contributed by atoms with Crippen LogP contribution in [0.15, 0.2) is 18.3 Å². The molecule has 1 heterocycles. The maximum absolute atomic E-state index is 10.7. The first-order chi connectivity index (χ1) is 7.58. The van der Waals surface area contributed by atoms with E-state index in [0.717, 1.165) is 22.0 Å². The van der Waals surface area contributed by atoms with E-state index >= 15 is 0 Å². The van der Waals surface area contributed by atoms with Crippen LogP contribution in [-0.2, 0) is 11.2 Å². The van der Waals surface area contributed by atoms with Crippen LogP contribution in [0.5, 0.6) is 0 Å². The minimum Gasteiger partial charge on any atom is -0.480 e. The van der Waals surface area contributed by atoms with Gasteiger partial charge in [0.05, 0.1) is 11.7 Å². The molecule has 5 nitrogen and oxygen atoms in total. The molecule has 0 saturated heterocycles. The maximum Gasteiger partial charge on any atom is 0.320 e. The van der Waals surface area contributed by atoms with E-state index in [0.29, 0.717) is 6.42 Å². The number of carboxylic acids is 1. The number of rotatable bonds is 3. The van der Waals surface area contributed by atoms with Crippen LogP contribution in [0.1, 0.15) is 11.1 Å². The summed E-state index contributed by atoms with van der Waals surface area (Å²) in [5.74, 6) is -0.982. The third-order valence-corrected chi connectivity index (χ3v) is 2.58. The van der Waals surface area contributed by atoms with E-state index in [1.54, 1.807) is 6.20 Å². The van der Waals surface area contributed by atoms with Gasteiger partial charge in [0.1, 0.15) is 6.04 Å². The third-order valence-electron chi connectivity index (χ3n) is 2.58. The molecule has 4 N–H and O–H groups in total. The third kappa shape index (κ3) is 1.90. The second kappa shape index (κ2) is 3.94. The maximum atomic E-state index is 10.7. The number of carbonyl (C=O) groups is 1. The number of aromatic nitrogens is 2. The number of benzene rings is 1. The van der Waals surface area contributed by atoms with Crippen molar-refractivity contribution in [3.8, 4) is 0 Å². The summed E-state index contributed by atoms with van der Waals surface area (Å²) in [6.45, 7) is 1.95. The van der Waals surface area contributed by atoms with Crippen molar-refractivity contribution in [1.29, 1.82) is 0 Å². The number of aliphatic carboxylic acids is 1. The van der Waals surface area contributed by atoms with Crippen molar-refractivity contribution in [2.45, 2.75) is 19.4 Å². The Morgan fingerprint density at radius 3 is 3.06 bits per heavy atom. The summed E-state index contributed by atoms with van der Waals surface area (Å²) >= 11 is 0. The van der Waals surface area contributed by atoms with Crippen LogP contribution in [-0.4, -0.2) is 27.3 Å². The van der Waals surface area contributed by atoms with Crippen LogP contribution < -0.4 is 5.73 Å². The number of fused-ring (bicyclic) bond motifs is 1. The Morgan fingerprint density at radius 2 is 2.38 bits per heavy atom. The van der Waals surface area contributed by atoms with E-state index in [9.17, 15) is 4.79 Å². The standard InChI is InChI=1S/C11H13N3O2/c1-6-2-7(4-9(12)11(15)16)3-8-5-13-14-10(6)8/h2-3,5,9H,4,12H2,1H3,(H,13,14)(H,15,16)/t9-/m1/s1. The van der Waals surface area contributed by atoms with E-state index in [1.165, 1.54) is 0 Å². The molecule has 0 fully saturated rings. The number of aromatic amines is 1. The molecular weight excluding hydrogens is 206 g/mol. The second-order valence-electron chi connectivity index (χ2n) is 3.90. The zero-order valence-electron chi connectivity index (χ0n) is 8.90. The summed E-state index contributed by atoms with van der Waals surface area (Å²) < 4.78 is 0. The molecule has 0 bridgehead atoms. The molecule has 0 saturated carbocycles. The zero-order valence-corrected chi connectivity index (χ0v) is 8.90. The van der Waals surface area contributed by atoms with Crippen molar-refractivity contribution in [2.24, 2.45) is 5.73 Å². The Balaban J connectivity index is 2.35. The SMILES string of the molecule is Cc1cc(C[C@@H](N)C(=O)O)cc2cn[nH]c12. The van der Waals surface area contributed by atoms with Crippen LogP contribution in [0.4, 0.5) is 0 Å². The summed E-state index contributed by atoms with van der Waals surface area (Å²) in [5, 5.41) is 16.6. The van der Waals surface area contributed by atoms with Crippen molar-refractivity contribution >= 4 is 16.9 Å². The van der Waals surface area contributed by atoms with Gasteiger partial charge in [-0.3, -0.25) is 9.89 Å². The van der Waals surface area contributed by atoms with Gasteiger partial charge >= 0.3 is 5.97 Å². The predicted molar refractivity (Wildman–Crippen MR) is 60.1 cm³/mol. The summed E-state index contributed by atoms with van der Waals surface area (Å²) in [4.78, 5) is 10.7. The van der Waals surface area contributed by atoms with Crippen LogP contribution in [0.2, 0.25) is 0 Å². The van der Waals surface area contributed by atoms with Crippen LogP contribution in [0.25, 0.3) is 10.9 Å². The first-order valence-electron chi connectivity index (χ1n) is 4.99. The lowest BCUT2D eigenvalue weighted by molar-refractivity contribution is -0.138. The number of H-pyrrole nitrogens is 1. The zero-order chi connectivity index (χ0) is 11.7. The molecule has 1 aromatic heterocycles. The topological polar surface area (TPSA) is 92.0 Å². The highest BCUT2D eigenvalue weighted by Gasteiger charge is 2.13. The number of nitrogens with two attached hydrogens (primary N) is 1. The Labute approximate surface area is 92.3 Å². The van der Waals surface area contributed by atoms with E-state index in [4.69, 9.17) is 10.8 Å². The second-order valence-corrected chi connectivity index (χ2v) is 3.90. The predicted octanol–water partition coefficient (Wildman–Crippen LogP) is 0.826. The molecule has 0 aliphatic carbocycles. The number of aryl methyl sites for hydroxylation is 1. The van der Waals surface area contributed by atoms with Crippen LogP contribution >= 0.6 is 0 Å². The number of carboxylic acid groups (broad SMARTS) is 1. The highest BCUT2D eigenvalue weighted by atomic mass is 16.4. The van der Waals surface area contributed by atoms with Gasteiger partial charge in [0.25, 0.3) is 0 Å². The van der Waals surface area contributed by atoms with Gasteiger partial charge < -0.3 is 10.8 Å². The molecule has 0 aliphatic rings. The fourth-order valence-electron chi connectivity index (χ4n) is 1.77. The van der Waals surface area contributed by atoms with Crippen molar-refractivity contribution in [2.75, 3.05) is 0 Å². The first kappa shape index (κ1) is 10.6. The summed E-state index contributed by atoms with van der Waals surface area (Å²) in [7, 11) is 0. The van der Waals surface area contributed by atoms with Gasteiger partial charge in [-0.25, -0.2) is 0 Å². The molecular formula is C11H13N3O2. The molecule has 0 aliphatic heterocycles. The minimum atomic E-state index is -0.982. The van der Waals surface area contributed by atoms with Crippen LogP contribution in [0, 0.1) is 6.92 Å². The summed E-state index contributed by atoms with van der Waals surface area (Å²) in [6, 6.07) is 2.99. The average molecular weight is 219 g/mol. The lowest BCUT2D eigenvalue weighted by Gasteiger charge is -2.07. The van der Waals surface area contributed by atoms with Gasteiger partial charge in [0.15, 0.2) is 0 Å².